The molecule has 3 rings (SSSR count). The number of alkyl halides is 3. The van der Waals surface area contributed by atoms with Crippen molar-refractivity contribution in [1.29, 1.82) is 0 Å². The van der Waals surface area contributed by atoms with E-state index in [1.165, 1.54) is 35.7 Å². The average Bonchev–Trinajstić information content (AvgIpc) is 3.09. The highest BCUT2D eigenvalue weighted by Crippen LogP contribution is 2.44. The lowest BCUT2D eigenvalue weighted by molar-refractivity contribution is -0.139. The van der Waals surface area contributed by atoms with Crippen LogP contribution in [0.4, 0.5) is 13.2 Å². The normalized spacial score (nSPS) is 17.7. The van der Waals surface area contributed by atoms with Crippen LogP contribution in [0.5, 0.6) is 0 Å². The SMILES string of the molecule is O=C(CSc1ccccc1)N1CCSC1c1ccccc1C(F)(F)F. The number of nitrogens with zero attached hydrogens (tertiary/aromatic N) is 1. The number of thioether (sulfide) groups is 2. The molecule has 0 bridgehead atoms. The predicted molar refractivity (Wildman–Crippen MR) is 95.5 cm³/mol. The van der Waals surface area contributed by atoms with E-state index in [1.807, 2.05) is 30.3 Å². The van der Waals surface area contributed by atoms with E-state index in [4.69, 9.17) is 0 Å². The van der Waals surface area contributed by atoms with E-state index in [1.54, 1.807) is 11.0 Å². The second-order valence-corrected chi connectivity index (χ2v) is 7.73. The lowest BCUT2D eigenvalue weighted by Gasteiger charge is -2.26. The summed E-state index contributed by atoms with van der Waals surface area (Å²) in [4.78, 5) is 15.1. The maximum absolute atomic E-state index is 13.3. The van der Waals surface area contributed by atoms with Crippen LogP contribution in [0.1, 0.15) is 16.5 Å². The fraction of sp³-hybridized carbons (Fsp3) is 0.278. The first-order valence-electron chi connectivity index (χ1n) is 7.72. The Morgan fingerprint density at radius 2 is 1.80 bits per heavy atom. The van der Waals surface area contributed by atoms with Gasteiger partial charge in [-0.25, -0.2) is 0 Å². The molecule has 1 heterocycles. The Labute approximate surface area is 152 Å². The van der Waals surface area contributed by atoms with Gasteiger partial charge in [0, 0.05) is 17.2 Å². The number of amides is 1. The third-order valence-corrected chi connectivity index (χ3v) is 6.09. The number of hydrogen-bond donors (Lipinski definition) is 0. The quantitative estimate of drug-likeness (QED) is 0.688. The minimum atomic E-state index is -4.42. The maximum atomic E-state index is 13.3. The lowest BCUT2D eigenvalue weighted by Crippen LogP contribution is -2.32. The van der Waals surface area contributed by atoms with Crippen molar-refractivity contribution in [1.82, 2.24) is 4.90 Å². The van der Waals surface area contributed by atoms with Crippen LogP contribution in [-0.4, -0.2) is 28.9 Å². The van der Waals surface area contributed by atoms with Crippen LogP contribution in [0.2, 0.25) is 0 Å². The molecule has 2 aromatic rings. The van der Waals surface area contributed by atoms with E-state index < -0.39 is 17.1 Å². The number of halogens is 3. The summed E-state index contributed by atoms with van der Waals surface area (Å²) >= 11 is 2.78. The third kappa shape index (κ3) is 4.33. The summed E-state index contributed by atoms with van der Waals surface area (Å²) in [5.41, 5.74) is -0.501. The molecule has 0 radical (unpaired) electrons. The molecule has 0 saturated carbocycles. The first kappa shape index (κ1) is 18.2. The first-order chi connectivity index (χ1) is 12.0. The molecule has 25 heavy (non-hydrogen) atoms. The van der Waals surface area contributed by atoms with Crippen molar-refractivity contribution < 1.29 is 18.0 Å². The molecule has 0 spiro atoms. The number of benzene rings is 2. The van der Waals surface area contributed by atoms with Gasteiger partial charge in [0.15, 0.2) is 0 Å². The molecule has 1 amide bonds. The lowest BCUT2D eigenvalue weighted by atomic mass is 10.1. The molecular formula is C18H16F3NOS2. The van der Waals surface area contributed by atoms with Crippen molar-refractivity contribution >= 4 is 29.4 Å². The van der Waals surface area contributed by atoms with E-state index in [0.717, 1.165) is 11.0 Å². The van der Waals surface area contributed by atoms with Gasteiger partial charge in [-0.3, -0.25) is 4.79 Å². The van der Waals surface area contributed by atoms with Crippen molar-refractivity contribution in [2.24, 2.45) is 0 Å². The summed E-state index contributed by atoms with van der Waals surface area (Å²) in [5, 5.41) is -0.582. The molecule has 7 heteroatoms. The monoisotopic (exact) mass is 383 g/mol. The first-order valence-corrected chi connectivity index (χ1v) is 9.75. The number of rotatable bonds is 4. The predicted octanol–water partition coefficient (Wildman–Crippen LogP) is 5.07. The van der Waals surface area contributed by atoms with Gasteiger partial charge in [-0.05, 0) is 23.8 Å². The van der Waals surface area contributed by atoms with Crippen LogP contribution in [0.25, 0.3) is 0 Å². The number of carbonyl (C=O) groups is 1. The minimum Gasteiger partial charge on any atom is -0.325 e. The average molecular weight is 383 g/mol. The van der Waals surface area contributed by atoms with Gasteiger partial charge in [0.05, 0.1) is 11.3 Å². The van der Waals surface area contributed by atoms with E-state index in [2.05, 4.69) is 0 Å². The second-order valence-electron chi connectivity index (χ2n) is 5.50. The summed E-state index contributed by atoms with van der Waals surface area (Å²) in [6.07, 6.45) is -4.42. The smallest absolute Gasteiger partial charge is 0.325 e. The Hall–Kier alpha value is -1.60. The highest BCUT2D eigenvalue weighted by atomic mass is 32.2. The third-order valence-electron chi connectivity index (χ3n) is 3.85. The summed E-state index contributed by atoms with van der Waals surface area (Å²) in [6, 6.07) is 15.0. The van der Waals surface area contributed by atoms with Crippen LogP contribution >= 0.6 is 23.5 Å². The van der Waals surface area contributed by atoms with Crippen LogP contribution in [-0.2, 0) is 11.0 Å². The minimum absolute atomic E-state index is 0.138. The van der Waals surface area contributed by atoms with Gasteiger partial charge in [-0.2, -0.15) is 13.2 Å². The maximum Gasteiger partial charge on any atom is 0.416 e. The van der Waals surface area contributed by atoms with Crippen LogP contribution in [0, 0.1) is 0 Å². The fourth-order valence-electron chi connectivity index (χ4n) is 2.70. The Bertz CT molecular complexity index is 737. The van der Waals surface area contributed by atoms with Crippen molar-refractivity contribution in [3.8, 4) is 0 Å². The van der Waals surface area contributed by atoms with Crippen molar-refractivity contribution in [2.45, 2.75) is 16.4 Å². The molecule has 1 saturated heterocycles. The molecule has 0 aliphatic carbocycles. The Morgan fingerprint density at radius 1 is 1.12 bits per heavy atom. The molecule has 2 aromatic carbocycles. The van der Waals surface area contributed by atoms with Crippen LogP contribution < -0.4 is 0 Å². The van der Waals surface area contributed by atoms with Gasteiger partial charge in [-0.15, -0.1) is 23.5 Å². The molecule has 1 atom stereocenters. The zero-order chi connectivity index (χ0) is 17.9. The van der Waals surface area contributed by atoms with Crippen LogP contribution in [0.3, 0.4) is 0 Å². The van der Waals surface area contributed by atoms with Crippen LogP contribution in [0.15, 0.2) is 59.5 Å². The molecule has 132 valence electrons. The summed E-state index contributed by atoms with van der Waals surface area (Å²) in [7, 11) is 0. The van der Waals surface area contributed by atoms with E-state index >= 15 is 0 Å². The molecule has 1 unspecified atom stereocenters. The molecular weight excluding hydrogens is 367 g/mol. The van der Waals surface area contributed by atoms with Crippen molar-refractivity contribution in [3.63, 3.8) is 0 Å². The Balaban J connectivity index is 1.76. The molecule has 0 N–H and O–H groups in total. The van der Waals surface area contributed by atoms with Gasteiger partial charge < -0.3 is 4.90 Å². The zero-order valence-electron chi connectivity index (χ0n) is 13.2. The summed E-state index contributed by atoms with van der Waals surface area (Å²) in [5.74, 6) is 0.717. The van der Waals surface area contributed by atoms with E-state index in [9.17, 15) is 18.0 Å². The molecule has 2 nitrogen and oxygen atoms in total. The largest absolute Gasteiger partial charge is 0.416 e. The molecule has 1 fully saturated rings. The fourth-order valence-corrected chi connectivity index (χ4v) is 4.82. The molecule has 0 aromatic heterocycles. The highest BCUT2D eigenvalue weighted by Gasteiger charge is 2.39. The number of hydrogen-bond acceptors (Lipinski definition) is 3. The molecule has 1 aliphatic rings. The van der Waals surface area contributed by atoms with Crippen molar-refractivity contribution in [2.75, 3.05) is 18.1 Å². The van der Waals surface area contributed by atoms with Gasteiger partial charge >= 0.3 is 6.18 Å². The van der Waals surface area contributed by atoms with Gasteiger partial charge in [0.1, 0.15) is 5.37 Å². The van der Waals surface area contributed by atoms with Gasteiger partial charge in [0.2, 0.25) is 5.91 Å². The highest BCUT2D eigenvalue weighted by molar-refractivity contribution is 8.00. The second kappa shape index (κ2) is 7.74. The summed E-state index contributed by atoms with van der Waals surface area (Å²) < 4.78 is 39.8. The topological polar surface area (TPSA) is 20.3 Å². The van der Waals surface area contributed by atoms with E-state index in [-0.39, 0.29) is 17.2 Å². The molecule has 1 aliphatic heterocycles. The Morgan fingerprint density at radius 3 is 2.52 bits per heavy atom. The van der Waals surface area contributed by atoms with Gasteiger partial charge in [-0.1, -0.05) is 36.4 Å². The van der Waals surface area contributed by atoms with Crippen molar-refractivity contribution in [3.05, 3.63) is 65.7 Å². The van der Waals surface area contributed by atoms with Gasteiger partial charge in [0.25, 0.3) is 0 Å². The summed E-state index contributed by atoms with van der Waals surface area (Å²) in [6.45, 7) is 0.468. The zero-order valence-corrected chi connectivity index (χ0v) is 14.8. The Kier molecular flexibility index (Phi) is 5.64. The number of carbonyl (C=O) groups excluding carboxylic acids is 1. The standard InChI is InChI=1S/C18H16F3NOS2/c19-18(20,21)15-9-5-4-8-14(15)17-22(10-11-24-17)16(23)12-25-13-6-2-1-3-7-13/h1-9,17H,10-12H2. The van der Waals surface area contributed by atoms with E-state index in [0.29, 0.717) is 12.3 Å².